The maximum Gasteiger partial charge on any atom is 0.134 e. The minimum Gasteiger partial charge on any atom is -0.506 e. The molecule has 12 heavy (non-hydrogen) atoms. The molecule has 0 aliphatic rings. The second-order valence-corrected chi connectivity index (χ2v) is 2.63. The Labute approximate surface area is 74.3 Å². The molecular formula is C10H17NO. The van der Waals surface area contributed by atoms with Crippen molar-refractivity contribution in [3.63, 3.8) is 0 Å². The first-order valence-corrected chi connectivity index (χ1v) is 4.34. The third-order valence-electron chi connectivity index (χ3n) is 1.41. The third-order valence-corrected chi connectivity index (χ3v) is 1.41. The number of rotatable bonds is 1. The van der Waals surface area contributed by atoms with Gasteiger partial charge in [-0.05, 0) is 17.5 Å². The minimum atomic E-state index is 0.242. The topological polar surface area (TPSA) is 33.1 Å². The predicted octanol–water partition coefficient (Wildman–Crippen LogP) is 2.94. The van der Waals surface area contributed by atoms with Crippen molar-refractivity contribution in [1.29, 1.82) is 0 Å². The molecule has 0 amide bonds. The lowest BCUT2D eigenvalue weighted by Gasteiger charge is -2.02. The van der Waals surface area contributed by atoms with Gasteiger partial charge in [-0.25, -0.2) is 0 Å². The molecule has 1 aromatic heterocycles. The summed E-state index contributed by atoms with van der Waals surface area (Å²) in [5.74, 6) is 0.672. The molecule has 0 atom stereocenters. The van der Waals surface area contributed by atoms with E-state index in [1.54, 1.807) is 12.3 Å². The van der Waals surface area contributed by atoms with Crippen LogP contribution in [0.4, 0.5) is 0 Å². The molecule has 1 aromatic rings. The van der Waals surface area contributed by atoms with E-state index in [0.717, 1.165) is 5.56 Å². The minimum absolute atomic E-state index is 0.242. The molecule has 0 saturated heterocycles. The fourth-order valence-corrected chi connectivity index (χ4v) is 0.761. The average molecular weight is 167 g/mol. The summed E-state index contributed by atoms with van der Waals surface area (Å²) in [5, 5.41) is 9.00. The highest BCUT2D eigenvalue weighted by Crippen LogP contribution is 2.16. The van der Waals surface area contributed by atoms with Gasteiger partial charge in [0.1, 0.15) is 5.75 Å². The van der Waals surface area contributed by atoms with Crippen LogP contribution in [0, 0.1) is 0 Å². The summed E-state index contributed by atoms with van der Waals surface area (Å²) in [6.45, 7) is 8.13. The molecule has 0 spiro atoms. The largest absolute Gasteiger partial charge is 0.506 e. The molecule has 1 N–H and O–H groups in total. The van der Waals surface area contributed by atoms with E-state index >= 15 is 0 Å². The Hall–Kier alpha value is -1.05. The molecule has 0 radical (unpaired) electrons. The van der Waals surface area contributed by atoms with E-state index in [4.69, 9.17) is 5.11 Å². The lowest BCUT2D eigenvalue weighted by atomic mass is 10.1. The zero-order chi connectivity index (χ0) is 9.56. The summed E-state index contributed by atoms with van der Waals surface area (Å²) in [4.78, 5) is 3.86. The van der Waals surface area contributed by atoms with E-state index in [1.165, 1.54) is 6.20 Å². The Bertz CT molecular complexity index is 221. The highest BCUT2D eigenvalue weighted by molar-refractivity contribution is 5.23. The zero-order valence-corrected chi connectivity index (χ0v) is 8.20. The van der Waals surface area contributed by atoms with Crippen LogP contribution in [-0.4, -0.2) is 10.1 Å². The van der Waals surface area contributed by atoms with Crippen LogP contribution in [-0.2, 0) is 0 Å². The summed E-state index contributed by atoms with van der Waals surface area (Å²) in [6, 6.07) is 1.73. The molecule has 68 valence electrons. The van der Waals surface area contributed by atoms with Crippen LogP contribution in [0.3, 0.4) is 0 Å². The van der Waals surface area contributed by atoms with Gasteiger partial charge in [0, 0.05) is 6.20 Å². The Morgan fingerprint density at radius 2 is 1.83 bits per heavy atom. The maximum absolute atomic E-state index is 9.00. The van der Waals surface area contributed by atoms with Crippen LogP contribution in [0.15, 0.2) is 18.5 Å². The molecule has 0 unspecified atom stereocenters. The number of pyridine rings is 1. The van der Waals surface area contributed by atoms with E-state index in [9.17, 15) is 0 Å². The molecule has 0 fully saturated rings. The lowest BCUT2D eigenvalue weighted by molar-refractivity contribution is 0.471. The number of aromatic hydroxyl groups is 1. The molecule has 2 heteroatoms. The van der Waals surface area contributed by atoms with Gasteiger partial charge in [-0.1, -0.05) is 27.7 Å². The summed E-state index contributed by atoms with van der Waals surface area (Å²) >= 11 is 0. The molecule has 0 aliphatic heterocycles. The van der Waals surface area contributed by atoms with Crippen molar-refractivity contribution in [1.82, 2.24) is 4.98 Å². The first-order valence-electron chi connectivity index (χ1n) is 4.34. The third kappa shape index (κ3) is 3.37. The molecule has 0 saturated carbocycles. The highest BCUT2D eigenvalue weighted by Gasteiger charge is 1.98. The van der Waals surface area contributed by atoms with E-state index < -0.39 is 0 Å². The Balaban J connectivity index is 0.000000561. The molecule has 1 heterocycles. The van der Waals surface area contributed by atoms with Gasteiger partial charge in [-0.2, -0.15) is 0 Å². The monoisotopic (exact) mass is 167 g/mol. The van der Waals surface area contributed by atoms with Gasteiger partial charge < -0.3 is 5.11 Å². The van der Waals surface area contributed by atoms with E-state index in [1.807, 2.05) is 13.8 Å². The normalized spacial score (nSPS) is 9.08. The first kappa shape index (κ1) is 11.0. The summed E-state index contributed by atoms with van der Waals surface area (Å²) in [5.41, 5.74) is 1.07. The Morgan fingerprint density at radius 1 is 1.25 bits per heavy atom. The van der Waals surface area contributed by atoms with Crippen LogP contribution >= 0.6 is 0 Å². The molecule has 0 aliphatic carbocycles. The standard InChI is InChI=1S/C8H11NO.C2H6/c1-6(2)7-3-8(10)5-9-4-7;1-2/h3-6,10H,1-2H3;1-2H3. The summed E-state index contributed by atoms with van der Waals surface area (Å²) in [7, 11) is 0. The van der Waals surface area contributed by atoms with Gasteiger partial charge in [0.2, 0.25) is 0 Å². The fourth-order valence-electron chi connectivity index (χ4n) is 0.761. The smallest absolute Gasteiger partial charge is 0.134 e. The number of hydrogen-bond acceptors (Lipinski definition) is 2. The quantitative estimate of drug-likeness (QED) is 0.697. The van der Waals surface area contributed by atoms with Crippen LogP contribution in [0.1, 0.15) is 39.2 Å². The number of hydrogen-bond donors (Lipinski definition) is 1. The highest BCUT2D eigenvalue weighted by atomic mass is 16.3. The molecule has 0 bridgehead atoms. The van der Waals surface area contributed by atoms with E-state index in [2.05, 4.69) is 18.8 Å². The number of nitrogens with zero attached hydrogens (tertiary/aromatic N) is 1. The van der Waals surface area contributed by atoms with Crippen LogP contribution in [0.5, 0.6) is 5.75 Å². The van der Waals surface area contributed by atoms with Crippen LogP contribution < -0.4 is 0 Å². The van der Waals surface area contributed by atoms with E-state index in [-0.39, 0.29) is 5.75 Å². The Morgan fingerprint density at radius 3 is 2.17 bits per heavy atom. The van der Waals surface area contributed by atoms with Gasteiger partial charge >= 0.3 is 0 Å². The summed E-state index contributed by atoms with van der Waals surface area (Å²) in [6.07, 6.45) is 3.20. The molecule has 0 aromatic carbocycles. The van der Waals surface area contributed by atoms with Gasteiger partial charge in [0.15, 0.2) is 0 Å². The van der Waals surface area contributed by atoms with Crippen molar-refractivity contribution in [3.05, 3.63) is 24.0 Å². The van der Waals surface area contributed by atoms with Gasteiger partial charge in [-0.3, -0.25) is 4.98 Å². The average Bonchev–Trinajstić information content (AvgIpc) is 2.08. The molecule has 2 nitrogen and oxygen atoms in total. The Kier molecular flexibility index (Phi) is 5.09. The van der Waals surface area contributed by atoms with Crippen molar-refractivity contribution < 1.29 is 5.11 Å². The van der Waals surface area contributed by atoms with Crippen LogP contribution in [0.2, 0.25) is 0 Å². The van der Waals surface area contributed by atoms with Crippen molar-refractivity contribution in [2.24, 2.45) is 0 Å². The SMILES string of the molecule is CC.CC(C)c1cncc(O)c1. The molecular weight excluding hydrogens is 150 g/mol. The van der Waals surface area contributed by atoms with E-state index in [0.29, 0.717) is 5.92 Å². The second kappa shape index (κ2) is 5.58. The van der Waals surface area contributed by atoms with Gasteiger partial charge in [0.05, 0.1) is 6.20 Å². The molecule has 1 rings (SSSR count). The summed E-state index contributed by atoms with van der Waals surface area (Å²) < 4.78 is 0. The lowest BCUT2D eigenvalue weighted by Crippen LogP contribution is -1.86. The maximum atomic E-state index is 9.00. The fraction of sp³-hybridized carbons (Fsp3) is 0.500. The van der Waals surface area contributed by atoms with Crippen molar-refractivity contribution in [2.45, 2.75) is 33.6 Å². The number of aromatic nitrogens is 1. The second-order valence-electron chi connectivity index (χ2n) is 2.63. The van der Waals surface area contributed by atoms with Crippen molar-refractivity contribution in [2.75, 3.05) is 0 Å². The predicted molar refractivity (Wildman–Crippen MR) is 51.3 cm³/mol. The van der Waals surface area contributed by atoms with Crippen LogP contribution in [0.25, 0.3) is 0 Å². The first-order chi connectivity index (χ1) is 5.70. The van der Waals surface area contributed by atoms with Gasteiger partial charge in [0.25, 0.3) is 0 Å². The zero-order valence-electron chi connectivity index (χ0n) is 8.20. The van der Waals surface area contributed by atoms with Crippen molar-refractivity contribution >= 4 is 0 Å². The van der Waals surface area contributed by atoms with Gasteiger partial charge in [-0.15, -0.1) is 0 Å². The van der Waals surface area contributed by atoms with Crippen molar-refractivity contribution in [3.8, 4) is 5.75 Å².